The normalized spacial score (nSPS) is 13.7. The Hall–Kier alpha value is -3.67. The molecule has 1 heterocycles. The van der Waals surface area contributed by atoms with Gasteiger partial charge < -0.3 is 14.5 Å². The van der Waals surface area contributed by atoms with E-state index >= 15 is 0 Å². The van der Waals surface area contributed by atoms with Gasteiger partial charge in [0.05, 0.1) is 0 Å². The molecule has 0 spiro atoms. The van der Waals surface area contributed by atoms with Crippen LogP contribution in [0, 0.1) is 12.7 Å². The summed E-state index contributed by atoms with van der Waals surface area (Å²) in [5.41, 5.74) is 3.23. The number of hydrogen-bond donors (Lipinski definition) is 0. The van der Waals surface area contributed by atoms with Gasteiger partial charge in [-0.25, -0.2) is 4.39 Å². The van der Waals surface area contributed by atoms with E-state index in [1.54, 1.807) is 9.80 Å². The minimum Gasteiger partial charge on any atom is -0.489 e. The summed E-state index contributed by atoms with van der Waals surface area (Å²) >= 11 is 0. The fourth-order valence-corrected chi connectivity index (χ4v) is 3.61. The van der Waals surface area contributed by atoms with Crippen LogP contribution in [0.15, 0.2) is 72.8 Å². The first-order chi connectivity index (χ1) is 15.5. The molecule has 0 aliphatic carbocycles. The molecule has 164 valence electrons. The Morgan fingerprint density at radius 1 is 0.750 bits per heavy atom. The summed E-state index contributed by atoms with van der Waals surface area (Å²) in [5.74, 6) is 0.244. The van der Waals surface area contributed by atoms with Crippen LogP contribution < -0.4 is 4.74 Å². The van der Waals surface area contributed by atoms with E-state index < -0.39 is 0 Å². The first kappa shape index (κ1) is 21.6. The van der Waals surface area contributed by atoms with Crippen molar-refractivity contribution in [2.75, 3.05) is 26.2 Å². The van der Waals surface area contributed by atoms with Crippen molar-refractivity contribution in [1.29, 1.82) is 0 Å². The van der Waals surface area contributed by atoms with E-state index in [-0.39, 0.29) is 17.6 Å². The quantitative estimate of drug-likeness (QED) is 0.604. The molecule has 0 unspecified atom stereocenters. The van der Waals surface area contributed by atoms with Gasteiger partial charge in [0.1, 0.15) is 18.2 Å². The fourth-order valence-electron chi connectivity index (χ4n) is 3.61. The lowest BCUT2D eigenvalue weighted by atomic mass is 10.1. The van der Waals surface area contributed by atoms with E-state index in [1.807, 2.05) is 55.5 Å². The number of amides is 2. The molecule has 6 heteroatoms. The topological polar surface area (TPSA) is 49.9 Å². The molecular weight excluding hydrogens is 407 g/mol. The second-order valence-electron chi connectivity index (χ2n) is 7.89. The predicted octanol–water partition coefficient (Wildman–Crippen LogP) is 4.31. The smallest absolute Gasteiger partial charge is 0.253 e. The Kier molecular flexibility index (Phi) is 6.50. The summed E-state index contributed by atoms with van der Waals surface area (Å²) in [5, 5.41) is 0. The number of benzene rings is 3. The van der Waals surface area contributed by atoms with Gasteiger partial charge in [0.15, 0.2) is 0 Å². The average molecular weight is 432 g/mol. The zero-order valence-electron chi connectivity index (χ0n) is 18.0. The maximum absolute atomic E-state index is 13.1. The average Bonchev–Trinajstić information content (AvgIpc) is 2.84. The lowest BCUT2D eigenvalue weighted by molar-refractivity contribution is 0.0535. The van der Waals surface area contributed by atoms with Gasteiger partial charge in [0.2, 0.25) is 0 Å². The molecule has 0 aromatic heterocycles. The second-order valence-corrected chi connectivity index (χ2v) is 7.89. The van der Waals surface area contributed by atoms with Gasteiger partial charge in [-0.15, -0.1) is 0 Å². The van der Waals surface area contributed by atoms with Crippen molar-refractivity contribution in [2.24, 2.45) is 0 Å². The van der Waals surface area contributed by atoms with Crippen molar-refractivity contribution in [3.63, 3.8) is 0 Å². The van der Waals surface area contributed by atoms with Crippen LogP contribution >= 0.6 is 0 Å². The molecule has 3 aromatic carbocycles. The van der Waals surface area contributed by atoms with Gasteiger partial charge in [-0.05, 0) is 61.0 Å². The summed E-state index contributed by atoms with van der Waals surface area (Å²) in [6.07, 6.45) is 0. The summed E-state index contributed by atoms with van der Waals surface area (Å²) in [6, 6.07) is 20.8. The number of carbonyl (C=O) groups excluding carboxylic acids is 2. The van der Waals surface area contributed by atoms with Crippen molar-refractivity contribution in [3.8, 4) is 5.75 Å². The molecular formula is C26H25FN2O3. The molecule has 3 aromatic rings. The van der Waals surface area contributed by atoms with Crippen LogP contribution in [0.1, 0.15) is 31.8 Å². The number of hydrogen-bond acceptors (Lipinski definition) is 3. The zero-order valence-corrected chi connectivity index (χ0v) is 18.0. The molecule has 0 saturated carbocycles. The standard InChI is InChI=1S/C26H25FN2O3/c1-19-2-12-24(13-3-19)32-18-20-4-6-21(7-5-20)25(30)28-14-16-29(17-15-28)26(31)22-8-10-23(27)11-9-22/h2-13H,14-18H2,1H3. The van der Waals surface area contributed by atoms with Crippen molar-refractivity contribution in [1.82, 2.24) is 9.80 Å². The molecule has 1 aliphatic heterocycles. The Morgan fingerprint density at radius 3 is 1.72 bits per heavy atom. The maximum atomic E-state index is 13.1. The third-order valence-electron chi connectivity index (χ3n) is 5.57. The van der Waals surface area contributed by atoms with Crippen LogP contribution in [0.4, 0.5) is 4.39 Å². The van der Waals surface area contributed by atoms with Crippen LogP contribution in [0.2, 0.25) is 0 Å². The van der Waals surface area contributed by atoms with Gasteiger partial charge >= 0.3 is 0 Å². The number of piperazine rings is 1. The Morgan fingerprint density at radius 2 is 1.22 bits per heavy atom. The number of carbonyl (C=O) groups is 2. The molecule has 1 saturated heterocycles. The number of ether oxygens (including phenoxy) is 1. The highest BCUT2D eigenvalue weighted by molar-refractivity contribution is 5.96. The fraction of sp³-hybridized carbons (Fsp3) is 0.231. The molecule has 0 N–H and O–H groups in total. The largest absolute Gasteiger partial charge is 0.489 e. The zero-order chi connectivity index (χ0) is 22.5. The van der Waals surface area contributed by atoms with E-state index in [9.17, 15) is 14.0 Å². The van der Waals surface area contributed by atoms with Gasteiger partial charge in [0, 0.05) is 37.3 Å². The third-order valence-corrected chi connectivity index (χ3v) is 5.57. The van der Waals surface area contributed by atoms with Crippen LogP contribution in [0.25, 0.3) is 0 Å². The van der Waals surface area contributed by atoms with Gasteiger partial charge in [0.25, 0.3) is 11.8 Å². The summed E-state index contributed by atoms with van der Waals surface area (Å²) in [7, 11) is 0. The highest BCUT2D eigenvalue weighted by Crippen LogP contribution is 2.16. The van der Waals surface area contributed by atoms with Gasteiger partial charge in [-0.3, -0.25) is 9.59 Å². The molecule has 5 nitrogen and oxygen atoms in total. The van der Waals surface area contributed by atoms with Crippen molar-refractivity contribution in [2.45, 2.75) is 13.5 Å². The van der Waals surface area contributed by atoms with Crippen LogP contribution in [0.5, 0.6) is 5.75 Å². The Balaban J connectivity index is 1.29. The Bertz CT molecular complexity index is 1070. The Labute approximate surface area is 187 Å². The highest BCUT2D eigenvalue weighted by Gasteiger charge is 2.25. The number of nitrogens with zero attached hydrogens (tertiary/aromatic N) is 2. The minimum atomic E-state index is -0.371. The van der Waals surface area contributed by atoms with E-state index in [0.29, 0.717) is 43.9 Å². The van der Waals surface area contributed by atoms with Gasteiger partial charge in [-0.1, -0.05) is 29.8 Å². The lowest BCUT2D eigenvalue weighted by Gasteiger charge is -2.35. The SMILES string of the molecule is Cc1ccc(OCc2ccc(C(=O)N3CCN(C(=O)c4ccc(F)cc4)CC3)cc2)cc1. The minimum absolute atomic E-state index is 0.0510. The van der Waals surface area contributed by atoms with E-state index in [0.717, 1.165) is 11.3 Å². The van der Waals surface area contributed by atoms with Crippen molar-refractivity contribution in [3.05, 3.63) is 101 Å². The molecule has 32 heavy (non-hydrogen) atoms. The highest BCUT2D eigenvalue weighted by atomic mass is 19.1. The van der Waals surface area contributed by atoms with Crippen LogP contribution in [-0.2, 0) is 6.61 Å². The van der Waals surface area contributed by atoms with Crippen molar-refractivity contribution >= 4 is 11.8 Å². The van der Waals surface area contributed by atoms with E-state index in [4.69, 9.17) is 4.74 Å². The maximum Gasteiger partial charge on any atom is 0.253 e. The molecule has 4 rings (SSSR count). The van der Waals surface area contributed by atoms with Gasteiger partial charge in [-0.2, -0.15) is 0 Å². The summed E-state index contributed by atoms with van der Waals surface area (Å²) in [4.78, 5) is 28.9. The molecule has 0 atom stereocenters. The first-order valence-electron chi connectivity index (χ1n) is 10.6. The monoisotopic (exact) mass is 432 g/mol. The van der Waals surface area contributed by atoms with Crippen LogP contribution in [0.3, 0.4) is 0 Å². The summed E-state index contributed by atoms with van der Waals surface area (Å²) < 4.78 is 18.9. The van der Waals surface area contributed by atoms with Crippen LogP contribution in [-0.4, -0.2) is 47.8 Å². The molecule has 1 fully saturated rings. The first-order valence-corrected chi connectivity index (χ1v) is 10.6. The third kappa shape index (κ3) is 5.14. The number of aryl methyl sites for hydroxylation is 1. The molecule has 2 amide bonds. The molecule has 0 bridgehead atoms. The molecule has 0 radical (unpaired) electrons. The van der Waals surface area contributed by atoms with E-state index in [1.165, 1.54) is 29.8 Å². The lowest BCUT2D eigenvalue weighted by Crippen LogP contribution is -2.50. The number of rotatable bonds is 5. The predicted molar refractivity (Wildman–Crippen MR) is 120 cm³/mol. The van der Waals surface area contributed by atoms with E-state index in [2.05, 4.69) is 0 Å². The summed E-state index contributed by atoms with van der Waals surface area (Å²) in [6.45, 7) is 4.29. The second kappa shape index (κ2) is 9.64. The molecule has 1 aliphatic rings. The number of halogens is 1. The van der Waals surface area contributed by atoms with Crippen molar-refractivity contribution < 1.29 is 18.7 Å².